The topological polar surface area (TPSA) is 114 Å². The van der Waals surface area contributed by atoms with E-state index in [1.165, 1.54) is 10.5 Å². The number of ether oxygens (including phenoxy) is 1. The molecule has 0 radical (unpaired) electrons. The summed E-state index contributed by atoms with van der Waals surface area (Å²) in [5.74, 6) is 0.121. The lowest BCUT2D eigenvalue weighted by atomic mass is 10.1. The number of hydrogen-bond acceptors (Lipinski definition) is 6. The van der Waals surface area contributed by atoms with Crippen LogP contribution in [0.3, 0.4) is 0 Å². The molecule has 3 heterocycles. The largest absolute Gasteiger partial charge is 0.456 e. The third kappa shape index (κ3) is 2.88. The second-order valence-electron chi connectivity index (χ2n) is 5.28. The van der Waals surface area contributed by atoms with E-state index >= 15 is 0 Å². The second-order valence-corrected chi connectivity index (χ2v) is 5.28. The Morgan fingerprint density at radius 3 is 2.69 bits per heavy atom. The van der Waals surface area contributed by atoms with Crippen LogP contribution in [0, 0.1) is 0 Å². The van der Waals surface area contributed by atoms with Gasteiger partial charge in [-0.1, -0.05) is 29.4 Å². The maximum atomic E-state index is 12.8. The van der Waals surface area contributed by atoms with Gasteiger partial charge in [0.1, 0.15) is 17.1 Å². The summed E-state index contributed by atoms with van der Waals surface area (Å²) < 4.78 is 7.16. The molecule has 26 heavy (non-hydrogen) atoms. The highest BCUT2D eigenvalue weighted by molar-refractivity contribution is 6.10. The quantitative estimate of drug-likeness (QED) is 0.582. The highest BCUT2D eigenvalue weighted by Crippen LogP contribution is 2.27. The predicted molar refractivity (Wildman–Crippen MR) is 92.3 cm³/mol. The summed E-state index contributed by atoms with van der Waals surface area (Å²) in [6.45, 7) is 0. The van der Waals surface area contributed by atoms with E-state index in [4.69, 9.17) is 4.74 Å². The van der Waals surface area contributed by atoms with Gasteiger partial charge >= 0.3 is 0 Å². The SMILES string of the molecule is O=C(Nc1nn[nH]n1)c1c(Oc2ccccc2)cc(=O)n2ccccc12. The molecular weight excluding hydrogens is 336 g/mol. The van der Waals surface area contributed by atoms with E-state index in [2.05, 4.69) is 25.9 Å². The zero-order valence-corrected chi connectivity index (χ0v) is 13.3. The van der Waals surface area contributed by atoms with Crippen LogP contribution in [0.5, 0.6) is 11.5 Å². The summed E-state index contributed by atoms with van der Waals surface area (Å²) in [7, 11) is 0. The van der Waals surface area contributed by atoms with Crippen LogP contribution >= 0.6 is 0 Å². The van der Waals surface area contributed by atoms with Crippen LogP contribution in [0.2, 0.25) is 0 Å². The average Bonchev–Trinajstić information content (AvgIpc) is 3.16. The molecule has 4 rings (SSSR count). The fraction of sp³-hybridized carbons (Fsp3) is 0. The second kappa shape index (κ2) is 6.48. The van der Waals surface area contributed by atoms with E-state index in [1.807, 2.05) is 6.07 Å². The number of amides is 1. The number of aromatic nitrogens is 5. The number of hydrogen-bond donors (Lipinski definition) is 2. The smallest absolute Gasteiger partial charge is 0.270 e. The van der Waals surface area contributed by atoms with E-state index < -0.39 is 5.91 Å². The number of nitrogens with one attached hydrogen (secondary N) is 2. The molecule has 0 saturated carbocycles. The summed E-state index contributed by atoms with van der Waals surface area (Å²) >= 11 is 0. The van der Waals surface area contributed by atoms with Gasteiger partial charge < -0.3 is 4.74 Å². The summed E-state index contributed by atoms with van der Waals surface area (Å²) in [6.07, 6.45) is 1.58. The monoisotopic (exact) mass is 348 g/mol. The van der Waals surface area contributed by atoms with Crippen molar-refractivity contribution in [3.63, 3.8) is 0 Å². The maximum Gasteiger partial charge on any atom is 0.270 e. The van der Waals surface area contributed by atoms with Crippen LogP contribution in [0.1, 0.15) is 10.4 Å². The van der Waals surface area contributed by atoms with Crippen molar-refractivity contribution in [1.29, 1.82) is 0 Å². The van der Waals surface area contributed by atoms with Crippen molar-refractivity contribution in [2.45, 2.75) is 0 Å². The van der Waals surface area contributed by atoms with Gasteiger partial charge in [-0.2, -0.15) is 5.21 Å². The molecule has 1 amide bonds. The number of carbonyl (C=O) groups is 1. The predicted octanol–water partition coefficient (Wildman–Crippen LogP) is 1.86. The van der Waals surface area contributed by atoms with Crippen LogP contribution in [0.25, 0.3) is 5.52 Å². The van der Waals surface area contributed by atoms with Gasteiger partial charge in [0.05, 0.1) is 5.52 Å². The molecular formula is C17H12N6O3. The van der Waals surface area contributed by atoms with Gasteiger partial charge in [-0.05, 0) is 29.5 Å². The summed E-state index contributed by atoms with van der Waals surface area (Å²) in [4.78, 5) is 25.2. The fourth-order valence-corrected chi connectivity index (χ4v) is 2.52. The number of tetrazole rings is 1. The number of aromatic amines is 1. The molecule has 0 aliphatic heterocycles. The molecule has 1 aromatic carbocycles. The molecule has 9 heteroatoms. The molecule has 0 unspecified atom stereocenters. The van der Waals surface area contributed by atoms with Gasteiger partial charge in [0.15, 0.2) is 0 Å². The minimum atomic E-state index is -0.527. The number of benzene rings is 1. The van der Waals surface area contributed by atoms with Crippen LogP contribution < -0.4 is 15.6 Å². The minimum Gasteiger partial charge on any atom is -0.456 e. The number of rotatable bonds is 4. The van der Waals surface area contributed by atoms with Gasteiger partial charge in [0.25, 0.3) is 17.4 Å². The number of fused-ring (bicyclic) bond motifs is 1. The van der Waals surface area contributed by atoms with Crippen molar-refractivity contribution in [3.05, 3.63) is 76.7 Å². The Bertz CT molecular complexity index is 1120. The van der Waals surface area contributed by atoms with Crippen molar-refractivity contribution in [1.82, 2.24) is 25.0 Å². The molecule has 128 valence electrons. The van der Waals surface area contributed by atoms with E-state index in [0.717, 1.165) is 0 Å². The number of H-pyrrole nitrogens is 1. The Hall–Kier alpha value is -4.01. The molecule has 4 aromatic rings. The lowest BCUT2D eigenvalue weighted by Gasteiger charge is -2.13. The fourth-order valence-electron chi connectivity index (χ4n) is 2.52. The molecule has 0 atom stereocenters. The number of carbonyl (C=O) groups excluding carboxylic acids is 1. The highest BCUT2D eigenvalue weighted by Gasteiger charge is 2.20. The molecule has 0 fully saturated rings. The van der Waals surface area contributed by atoms with Crippen molar-refractivity contribution >= 4 is 17.4 Å². The Balaban J connectivity index is 1.86. The standard InChI is InChI=1S/C17H12N6O3/c24-14-10-13(26-11-6-2-1-3-7-11)15(12-8-4-5-9-23(12)14)16(25)18-17-19-21-22-20-17/h1-10H,(H2,18,19,20,21,22,25). The lowest BCUT2D eigenvalue weighted by Crippen LogP contribution is -2.21. The molecule has 0 saturated heterocycles. The first-order chi connectivity index (χ1) is 12.7. The Labute approximate surface area is 146 Å². The van der Waals surface area contributed by atoms with Gasteiger partial charge in [-0.15, -0.1) is 5.10 Å². The van der Waals surface area contributed by atoms with Crippen molar-refractivity contribution in [2.24, 2.45) is 0 Å². The number of anilines is 1. The molecule has 0 aliphatic rings. The third-order valence-electron chi connectivity index (χ3n) is 3.62. The van der Waals surface area contributed by atoms with Crippen LogP contribution in [0.15, 0.2) is 65.6 Å². The summed E-state index contributed by atoms with van der Waals surface area (Å²) in [5.41, 5.74) is 0.258. The van der Waals surface area contributed by atoms with E-state index in [9.17, 15) is 9.59 Å². The van der Waals surface area contributed by atoms with E-state index in [0.29, 0.717) is 11.3 Å². The lowest BCUT2D eigenvalue weighted by molar-refractivity contribution is 0.102. The van der Waals surface area contributed by atoms with Gasteiger partial charge in [-0.3, -0.25) is 19.3 Å². The molecule has 0 aliphatic carbocycles. The zero-order valence-electron chi connectivity index (χ0n) is 13.3. The van der Waals surface area contributed by atoms with Gasteiger partial charge in [-0.25, -0.2) is 0 Å². The van der Waals surface area contributed by atoms with E-state index in [-0.39, 0.29) is 22.8 Å². The Kier molecular flexibility index (Phi) is 3.86. The summed E-state index contributed by atoms with van der Waals surface area (Å²) in [5, 5.41) is 15.6. The summed E-state index contributed by atoms with van der Waals surface area (Å²) in [6, 6.07) is 15.2. The Morgan fingerprint density at radius 1 is 1.12 bits per heavy atom. The first kappa shape index (κ1) is 15.5. The van der Waals surface area contributed by atoms with Crippen molar-refractivity contribution in [3.8, 4) is 11.5 Å². The molecule has 9 nitrogen and oxygen atoms in total. The van der Waals surface area contributed by atoms with Gasteiger partial charge in [0, 0.05) is 12.3 Å². The van der Waals surface area contributed by atoms with Crippen molar-refractivity contribution < 1.29 is 9.53 Å². The first-order valence-electron chi connectivity index (χ1n) is 7.64. The Morgan fingerprint density at radius 2 is 1.92 bits per heavy atom. The molecule has 2 N–H and O–H groups in total. The third-order valence-corrected chi connectivity index (χ3v) is 3.62. The molecule has 0 bridgehead atoms. The van der Waals surface area contributed by atoms with E-state index in [1.54, 1.807) is 48.7 Å². The zero-order chi connectivity index (χ0) is 17.9. The first-order valence-corrected chi connectivity index (χ1v) is 7.64. The van der Waals surface area contributed by atoms with Crippen LogP contribution in [-0.4, -0.2) is 30.9 Å². The van der Waals surface area contributed by atoms with Gasteiger partial charge in [0.2, 0.25) is 0 Å². The van der Waals surface area contributed by atoms with Crippen LogP contribution in [0.4, 0.5) is 5.95 Å². The normalized spacial score (nSPS) is 10.6. The average molecular weight is 348 g/mol. The minimum absolute atomic E-state index is 0.0148. The number of nitrogens with zero attached hydrogens (tertiary/aromatic N) is 4. The van der Waals surface area contributed by atoms with Crippen molar-refractivity contribution in [2.75, 3.05) is 5.32 Å². The maximum absolute atomic E-state index is 12.8. The highest BCUT2D eigenvalue weighted by atomic mass is 16.5. The number of pyridine rings is 2. The molecule has 0 spiro atoms. The number of para-hydroxylation sites is 1. The molecule has 3 aromatic heterocycles. The van der Waals surface area contributed by atoms with Crippen LogP contribution in [-0.2, 0) is 0 Å².